The zero-order chi connectivity index (χ0) is 27.4. The van der Waals surface area contributed by atoms with Crippen molar-refractivity contribution >= 4 is 34.0 Å². The second kappa shape index (κ2) is 11.9. The van der Waals surface area contributed by atoms with Crippen LogP contribution in [0.1, 0.15) is 51.5 Å². The summed E-state index contributed by atoms with van der Waals surface area (Å²) in [6, 6.07) is 13.2. The molecule has 1 aliphatic carbocycles. The second-order valence-corrected chi connectivity index (χ2v) is 10.9. The lowest BCUT2D eigenvalue weighted by Crippen LogP contribution is -2.36. The molecule has 39 heavy (non-hydrogen) atoms. The first-order valence-corrected chi connectivity index (χ1v) is 13.7. The van der Waals surface area contributed by atoms with Gasteiger partial charge >= 0.3 is 0 Å². The van der Waals surface area contributed by atoms with Crippen molar-refractivity contribution in [3.63, 3.8) is 0 Å². The third kappa shape index (κ3) is 6.63. The number of oxazole rings is 1. The number of rotatable bonds is 8. The minimum atomic E-state index is -0.174. The summed E-state index contributed by atoms with van der Waals surface area (Å²) in [4.78, 5) is 17.3. The monoisotopic (exact) mass is 528 g/mol. The number of aromatic nitrogens is 1. The molecule has 1 aliphatic heterocycles. The Bertz CT molecular complexity index is 1420. The van der Waals surface area contributed by atoms with E-state index >= 15 is 0 Å². The van der Waals surface area contributed by atoms with E-state index < -0.39 is 0 Å². The number of fused-ring (bicyclic) bond motifs is 1. The average molecular weight is 529 g/mol. The predicted octanol–water partition coefficient (Wildman–Crippen LogP) is 7.59. The van der Waals surface area contributed by atoms with Gasteiger partial charge in [-0.3, -0.25) is 4.79 Å². The topological polar surface area (TPSA) is 98.3 Å². The van der Waals surface area contributed by atoms with Gasteiger partial charge in [0, 0.05) is 5.69 Å². The van der Waals surface area contributed by atoms with Gasteiger partial charge in [0.15, 0.2) is 5.58 Å². The van der Waals surface area contributed by atoms with Crippen LogP contribution in [0.2, 0.25) is 0 Å². The van der Waals surface area contributed by atoms with Crippen molar-refractivity contribution in [2.45, 2.75) is 53.1 Å². The molecule has 0 saturated heterocycles. The molecule has 2 heterocycles. The van der Waals surface area contributed by atoms with Crippen molar-refractivity contribution in [1.82, 2.24) is 4.98 Å². The standard InChI is InChI=1S/C31H36N4O4/c1-19(2)24-10-8-20(3)14-28(24)38-18-30(36)32-22-6-5-7-23(16-22)34-35-27-17-37-13-12-25(27)31-33-26-11-9-21(4)15-29(26)39-31/h5-7,9,11-13,15-16,19-20,24,28H,8,10,14,17-18H2,1-4H3,(H,32,36). The van der Waals surface area contributed by atoms with E-state index in [1.54, 1.807) is 18.4 Å². The second-order valence-electron chi connectivity index (χ2n) is 10.9. The fourth-order valence-corrected chi connectivity index (χ4v) is 5.29. The first-order valence-electron chi connectivity index (χ1n) is 13.7. The largest absolute Gasteiger partial charge is 0.495 e. The van der Waals surface area contributed by atoms with Crippen molar-refractivity contribution in [2.24, 2.45) is 28.0 Å². The van der Waals surface area contributed by atoms with Gasteiger partial charge in [-0.15, -0.1) is 0 Å². The zero-order valence-corrected chi connectivity index (χ0v) is 23.0. The molecule has 1 fully saturated rings. The van der Waals surface area contributed by atoms with Gasteiger partial charge in [0.05, 0.1) is 23.6 Å². The molecule has 1 aromatic heterocycles. The Hall–Kier alpha value is -3.78. The number of nitrogens with zero attached hydrogens (tertiary/aromatic N) is 3. The molecule has 3 atom stereocenters. The molecule has 1 saturated carbocycles. The van der Waals surface area contributed by atoms with Crippen LogP contribution in [-0.2, 0) is 14.3 Å². The van der Waals surface area contributed by atoms with Gasteiger partial charge in [-0.1, -0.05) is 39.3 Å². The summed E-state index contributed by atoms with van der Waals surface area (Å²) in [7, 11) is 0. The molecular formula is C31H36N4O4. The maximum absolute atomic E-state index is 12.7. The Balaban J connectivity index is 1.25. The van der Waals surface area contributed by atoms with Gasteiger partial charge in [0.2, 0.25) is 11.8 Å². The van der Waals surface area contributed by atoms with Crippen LogP contribution >= 0.6 is 0 Å². The molecule has 1 N–H and O–H groups in total. The molecule has 8 nitrogen and oxygen atoms in total. The molecule has 0 radical (unpaired) electrons. The lowest BCUT2D eigenvalue weighted by molar-refractivity contribution is -0.126. The molecule has 3 aromatic rings. The first-order chi connectivity index (χ1) is 18.9. The maximum Gasteiger partial charge on any atom is 0.250 e. The van der Waals surface area contributed by atoms with Gasteiger partial charge in [-0.2, -0.15) is 10.2 Å². The number of carbonyl (C=O) groups excluding carboxylic acids is 1. The van der Waals surface area contributed by atoms with E-state index in [4.69, 9.17) is 13.9 Å². The van der Waals surface area contributed by atoms with E-state index in [1.165, 1.54) is 6.42 Å². The maximum atomic E-state index is 12.7. The lowest BCUT2D eigenvalue weighted by atomic mass is 9.75. The molecular weight excluding hydrogens is 492 g/mol. The molecule has 0 bridgehead atoms. The summed E-state index contributed by atoms with van der Waals surface area (Å²) >= 11 is 0. The highest BCUT2D eigenvalue weighted by molar-refractivity contribution is 5.92. The van der Waals surface area contributed by atoms with Crippen LogP contribution in [0.5, 0.6) is 0 Å². The van der Waals surface area contributed by atoms with Crippen LogP contribution in [0.25, 0.3) is 16.7 Å². The van der Waals surface area contributed by atoms with E-state index in [1.807, 2.05) is 43.3 Å². The highest BCUT2D eigenvalue weighted by Crippen LogP contribution is 2.35. The molecule has 5 rings (SSSR count). The van der Waals surface area contributed by atoms with Gasteiger partial charge in [0.25, 0.3) is 0 Å². The summed E-state index contributed by atoms with van der Waals surface area (Å²) in [6.45, 7) is 9.03. The van der Waals surface area contributed by atoms with Crippen molar-refractivity contribution in [3.05, 3.63) is 72.0 Å². The molecule has 1 amide bonds. The Morgan fingerprint density at radius 3 is 2.90 bits per heavy atom. The normalized spacial score (nSPS) is 21.6. The van der Waals surface area contributed by atoms with Crippen LogP contribution in [0.15, 0.2) is 75.1 Å². The third-order valence-electron chi connectivity index (χ3n) is 7.44. The summed E-state index contributed by atoms with van der Waals surface area (Å²) in [5.74, 6) is 1.96. The molecule has 3 unspecified atom stereocenters. The van der Waals surface area contributed by atoms with E-state index in [2.05, 4.69) is 41.3 Å². The number of nitrogens with one attached hydrogen (secondary N) is 1. The molecule has 2 aromatic carbocycles. The van der Waals surface area contributed by atoms with Crippen LogP contribution in [-0.4, -0.2) is 30.2 Å². The fraction of sp³-hybridized carbons (Fsp3) is 0.419. The van der Waals surface area contributed by atoms with Crippen LogP contribution in [0, 0.1) is 24.7 Å². The third-order valence-corrected chi connectivity index (χ3v) is 7.44. The number of amides is 1. The highest BCUT2D eigenvalue weighted by atomic mass is 16.5. The number of hydrogen-bond donors (Lipinski definition) is 1. The molecule has 8 heteroatoms. The van der Waals surface area contributed by atoms with Gasteiger partial charge in [-0.05, 0) is 79.5 Å². The number of azo groups is 1. The molecule has 2 aliphatic rings. The van der Waals surface area contributed by atoms with Crippen molar-refractivity contribution in [1.29, 1.82) is 0 Å². The van der Waals surface area contributed by atoms with Crippen LogP contribution in [0.4, 0.5) is 11.4 Å². The first kappa shape index (κ1) is 26.8. The minimum absolute atomic E-state index is 0.0380. The average Bonchev–Trinajstić information content (AvgIpc) is 3.34. The number of aryl methyl sites for hydroxylation is 1. The number of carbonyl (C=O) groups is 1. The number of hydrogen-bond acceptors (Lipinski definition) is 7. The van der Waals surface area contributed by atoms with Crippen molar-refractivity contribution in [3.8, 4) is 0 Å². The van der Waals surface area contributed by atoms with Gasteiger partial charge < -0.3 is 19.2 Å². The smallest absolute Gasteiger partial charge is 0.250 e. The SMILES string of the molecule is Cc1ccc2nc(C3=C(N=Nc4cccc(NC(=O)COC5CC(C)CCC5C(C)C)c4)COC=C3)oc2c1. The predicted molar refractivity (Wildman–Crippen MR) is 151 cm³/mol. The summed E-state index contributed by atoms with van der Waals surface area (Å²) < 4.78 is 17.6. The van der Waals surface area contributed by atoms with Crippen molar-refractivity contribution < 1.29 is 18.7 Å². The lowest BCUT2D eigenvalue weighted by Gasteiger charge is -2.37. The fourth-order valence-electron chi connectivity index (χ4n) is 5.29. The molecule has 0 spiro atoms. The van der Waals surface area contributed by atoms with Gasteiger partial charge in [0.1, 0.15) is 24.4 Å². The number of ether oxygens (including phenoxy) is 2. The number of anilines is 1. The van der Waals surface area contributed by atoms with E-state index in [0.29, 0.717) is 40.7 Å². The Morgan fingerprint density at radius 2 is 2.05 bits per heavy atom. The number of allylic oxidation sites excluding steroid dienone is 2. The Kier molecular flexibility index (Phi) is 8.21. The Morgan fingerprint density at radius 1 is 1.18 bits per heavy atom. The van der Waals surface area contributed by atoms with Crippen LogP contribution in [0.3, 0.4) is 0 Å². The summed E-state index contributed by atoms with van der Waals surface area (Å²) in [6.07, 6.45) is 6.90. The summed E-state index contributed by atoms with van der Waals surface area (Å²) in [5.41, 5.74) is 5.17. The number of benzene rings is 2. The van der Waals surface area contributed by atoms with E-state index in [-0.39, 0.29) is 25.2 Å². The highest BCUT2D eigenvalue weighted by Gasteiger charge is 2.31. The minimum Gasteiger partial charge on any atom is -0.495 e. The quantitative estimate of drug-likeness (QED) is 0.304. The molecule has 204 valence electrons. The zero-order valence-electron chi connectivity index (χ0n) is 23.0. The van der Waals surface area contributed by atoms with Gasteiger partial charge in [-0.25, -0.2) is 4.98 Å². The van der Waals surface area contributed by atoms with Crippen molar-refractivity contribution in [2.75, 3.05) is 18.5 Å². The summed E-state index contributed by atoms with van der Waals surface area (Å²) in [5, 5.41) is 11.8. The van der Waals surface area contributed by atoms with E-state index in [0.717, 1.165) is 35.1 Å². The van der Waals surface area contributed by atoms with Crippen LogP contribution < -0.4 is 5.32 Å². The Labute approximate surface area is 229 Å². The van der Waals surface area contributed by atoms with E-state index in [9.17, 15) is 4.79 Å².